The zero-order chi connectivity index (χ0) is 18.4. The quantitative estimate of drug-likeness (QED) is 0.349. The number of ketones is 1. The number of aliphatic carboxylic acids is 1. The van der Waals surface area contributed by atoms with Gasteiger partial charge in [-0.1, -0.05) is 43.9 Å². The van der Waals surface area contributed by atoms with Crippen molar-refractivity contribution in [3.05, 3.63) is 24.3 Å². The van der Waals surface area contributed by atoms with Crippen molar-refractivity contribution < 1.29 is 19.4 Å². The van der Waals surface area contributed by atoms with Crippen molar-refractivity contribution in [3.63, 3.8) is 0 Å². The molecule has 2 aliphatic heterocycles. The highest BCUT2D eigenvalue weighted by Gasteiger charge is 2.46. The predicted molar refractivity (Wildman–Crippen MR) is 101 cm³/mol. The molecular weight excluding hydrogens is 328 g/mol. The predicted octanol–water partition coefficient (Wildman–Crippen LogP) is 4.69. The third-order valence-electron chi connectivity index (χ3n) is 6.29. The van der Waals surface area contributed by atoms with Crippen LogP contribution < -0.4 is 0 Å². The lowest BCUT2D eigenvalue weighted by Gasteiger charge is -2.24. The number of ether oxygens (including phenoxy) is 1. The molecular formula is C22H32O4. The Morgan fingerprint density at radius 3 is 2.58 bits per heavy atom. The average Bonchev–Trinajstić information content (AvgIpc) is 3.33. The summed E-state index contributed by atoms with van der Waals surface area (Å²) in [6.45, 7) is 0. The minimum absolute atomic E-state index is 0.232. The number of carboxylic acid groups (broad SMARTS) is 1. The standard InChI is InChI=1S/C22H32O4/c23-17(15-16-7-5-6-8-16)11-12-19-18(20-13-14-21(19)26-20)9-3-1-2-4-10-22(24)25/h1,3,11-12,16,18-21H,2,4-10,13-15H2,(H,24,25)/t18-,19-,20+,21-/m0/s1. The lowest BCUT2D eigenvalue weighted by Crippen LogP contribution is -2.25. The summed E-state index contributed by atoms with van der Waals surface area (Å²) in [6, 6.07) is 0. The Balaban J connectivity index is 1.46. The summed E-state index contributed by atoms with van der Waals surface area (Å²) in [7, 11) is 0. The molecule has 0 aromatic rings. The molecule has 2 saturated heterocycles. The molecule has 3 aliphatic rings. The molecule has 4 atom stereocenters. The Labute approximate surface area is 156 Å². The molecule has 3 fully saturated rings. The largest absolute Gasteiger partial charge is 0.481 e. The SMILES string of the molecule is O=C(O)CCCC=CC[C@H]1[C@H](C=CC(=O)CC2CCCC2)[C@@H]2CC[C@H]1O2. The molecule has 4 nitrogen and oxygen atoms in total. The van der Waals surface area contributed by atoms with Crippen LogP contribution in [0.25, 0.3) is 0 Å². The van der Waals surface area contributed by atoms with Crippen LogP contribution in [-0.2, 0) is 14.3 Å². The van der Waals surface area contributed by atoms with Crippen molar-refractivity contribution in [3.8, 4) is 0 Å². The van der Waals surface area contributed by atoms with Crippen LogP contribution in [0.1, 0.15) is 70.6 Å². The van der Waals surface area contributed by atoms with Crippen molar-refractivity contribution in [2.45, 2.75) is 82.8 Å². The van der Waals surface area contributed by atoms with Crippen molar-refractivity contribution >= 4 is 11.8 Å². The van der Waals surface area contributed by atoms with Crippen molar-refractivity contribution in [1.29, 1.82) is 0 Å². The molecule has 3 rings (SSSR count). The zero-order valence-corrected chi connectivity index (χ0v) is 15.6. The van der Waals surface area contributed by atoms with E-state index in [0.29, 0.717) is 36.7 Å². The van der Waals surface area contributed by atoms with Gasteiger partial charge in [0.05, 0.1) is 12.2 Å². The Kier molecular flexibility index (Phi) is 7.07. The molecule has 0 unspecified atom stereocenters. The maximum absolute atomic E-state index is 12.3. The van der Waals surface area contributed by atoms with E-state index in [9.17, 15) is 9.59 Å². The zero-order valence-electron chi connectivity index (χ0n) is 15.6. The first-order chi connectivity index (χ1) is 12.6. The molecule has 0 amide bonds. The van der Waals surface area contributed by atoms with Gasteiger partial charge in [0.25, 0.3) is 0 Å². The first-order valence-electron chi connectivity index (χ1n) is 10.4. The molecule has 2 bridgehead atoms. The van der Waals surface area contributed by atoms with Gasteiger partial charge in [-0.25, -0.2) is 0 Å². The van der Waals surface area contributed by atoms with Gasteiger partial charge in [0.1, 0.15) is 0 Å². The van der Waals surface area contributed by atoms with Crippen LogP contribution in [0, 0.1) is 17.8 Å². The van der Waals surface area contributed by atoms with E-state index in [1.807, 2.05) is 6.08 Å². The Hall–Kier alpha value is -1.42. The normalized spacial score (nSPS) is 31.5. The summed E-state index contributed by atoms with van der Waals surface area (Å²) in [5.41, 5.74) is 0. The highest BCUT2D eigenvalue weighted by Crippen LogP contribution is 2.45. The smallest absolute Gasteiger partial charge is 0.303 e. The third kappa shape index (κ3) is 5.29. The monoisotopic (exact) mass is 360 g/mol. The van der Waals surface area contributed by atoms with Gasteiger partial charge >= 0.3 is 5.97 Å². The van der Waals surface area contributed by atoms with Crippen molar-refractivity contribution in [2.75, 3.05) is 0 Å². The molecule has 2 heterocycles. The fourth-order valence-electron chi connectivity index (χ4n) is 4.91. The molecule has 26 heavy (non-hydrogen) atoms. The van der Waals surface area contributed by atoms with Crippen LogP contribution in [0.2, 0.25) is 0 Å². The number of carbonyl (C=O) groups is 2. The van der Waals surface area contributed by atoms with Gasteiger partial charge in [-0.15, -0.1) is 0 Å². The lowest BCUT2D eigenvalue weighted by atomic mass is 9.77. The number of fused-ring (bicyclic) bond motifs is 2. The number of allylic oxidation sites excluding steroid dienone is 3. The first-order valence-corrected chi connectivity index (χ1v) is 10.4. The van der Waals surface area contributed by atoms with Gasteiger partial charge in [0, 0.05) is 18.8 Å². The van der Waals surface area contributed by atoms with Crippen LogP contribution in [0.3, 0.4) is 0 Å². The summed E-state index contributed by atoms with van der Waals surface area (Å²) in [5, 5.41) is 8.67. The molecule has 0 radical (unpaired) electrons. The average molecular weight is 360 g/mol. The number of carboxylic acids is 1. The topological polar surface area (TPSA) is 63.6 Å². The molecule has 144 valence electrons. The maximum atomic E-state index is 12.3. The number of rotatable bonds is 10. The summed E-state index contributed by atoms with van der Waals surface area (Å²) >= 11 is 0. The van der Waals surface area contributed by atoms with Gasteiger partial charge in [0.15, 0.2) is 5.78 Å². The second-order valence-corrected chi connectivity index (χ2v) is 8.20. The van der Waals surface area contributed by atoms with Crippen LogP contribution in [0.15, 0.2) is 24.3 Å². The van der Waals surface area contributed by atoms with E-state index in [2.05, 4.69) is 18.2 Å². The van der Waals surface area contributed by atoms with Gasteiger partial charge in [-0.2, -0.15) is 0 Å². The van der Waals surface area contributed by atoms with Crippen LogP contribution in [0.4, 0.5) is 0 Å². The minimum Gasteiger partial charge on any atom is -0.481 e. The Morgan fingerprint density at radius 1 is 1.04 bits per heavy atom. The molecule has 0 spiro atoms. The maximum Gasteiger partial charge on any atom is 0.303 e. The summed E-state index contributed by atoms with van der Waals surface area (Å²) < 4.78 is 6.10. The van der Waals surface area contributed by atoms with Gasteiger partial charge in [0.2, 0.25) is 0 Å². The second-order valence-electron chi connectivity index (χ2n) is 8.20. The van der Waals surface area contributed by atoms with Crippen LogP contribution in [-0.4, -0.2) is 29.1 Å². The number of hydrogen-bond donors (Lipinski definition) is 1. The Bertz CT molecular complexity index is 544. The van der Waals surface area contributed by atoms with Crippen LogP contribution in [0.5, 0.6) is 0 Å². The summed E-state index contributed by atoms with van der Waals surface area (Å²) in [4.78, 5) is 22.8. The van der Waals surface area contributed by atoms with Crippen molar-refractivity contribution in [2.24, 2.45) is 17.8 Å². The Morgan fingerprint density at radius 2 is 1.81 bits per heavy atom. The molecule has 4 heteroatoms. The molecule has 1 aliphatic carbocycles. The third-order valence-corrected chi connectivity index (χ3v) is 6.29. The second kappa shape index (κ2) is 9.50. The number of hydrogen-bond acceptors (Lipinski definition) is 3. The lowest BCUT2D eigenvalue weighted by molar-refractivity contribution is -0.137. The van der Waals surface area contributed by atoms with E-state index in [-0.39, 0.29) is 18.3 Å². The van der Waals surface area contributed by atoms with E-state index >= 15 is 0 Å². The van der Waals surface area contributed by atoms with E-state index < -0.39 is 5.97 Å². The minimum atomic E-state index is -0.729. The van der Waals surface area contributed by atoms with Crippen LogP contribution >= 0.6 is 0 Å². The highest BCUT2D eigenvalue weighted by atomic mass is 16.5. The fourth-order valence-corrected chi connectivity index (χ4v) is 4.91. The summed E-state index contributed by atoms with van der Waals surface area (Å²) in [5.74, 6) is 0.966. The van der Waals surface area contributed by atoms with Gasteiger partial charge in [-0.05, 0) is 50.0 Å². The van der Waals surface area contributed by atoms with E-state index in [1.165, 1.54) is 25.7 Å². The van der Waals surface area contributed by atoms with E-state index in [1.54, 1.807) is 0 Å². The molecule has 0 aromatic carbocycles. The molecule has 1 saturated carbocycles. The first kappa shape index (κ1) is 19.3. The number of unbranched alkanes of at least 4 members (excludes halogenated alkanes) is 1. The van der Waals surface area contributed by atoms with Gasteiger partial charge < -0.3 is 9.84 Å². The van der Waals surface area contributed by atoms with E-state index in [0.717, 1.165) is 25.7 Å². The number of carbonyl (C=O) groups excluding carboxylic acids is 1. The molecule has 1 N–H and O–H groups in total. The molecule has 0 aromatic heterocycles. The van der Waals surface area contributed by atoms with Crippen molar-refractivity contribution in [1.82, 2.24) is 0 Å². The highest BCUT2D eigenvalue weighted by molar-refractivity contribution is 5.89. The summed E-state index contributed by atoms with van der Waals surface area (Å²) in [6.07, 6.45) is 19.5. The fraction of sp³-hybridized carbons (Fsp3) is 0.727. The van der Waals surface area contributed by atoms with Gasteiger partial charge in [-0.3, -0.25) is 9.59 Å². The van der Waals surface area contributed by atoms with E-state index in [4.69, 9.17) is 9.84 Å².